The maximum Gasteiger partial charge on any atom is 0.339 e. The highest BCUT2D eigenvalue weighted by atomic mass is 35.5. The largest absolute Gasteiger partial charge is 0.465 e. The van der Waals surface area contributed by atoms with Crippen LogP contribution in [-0.2, 0) is 16.0 Å². The van der Waals surface area contributed by atoms with Crippen LogP contribution >= 0.6 is 11.6 Å². The van der Waals surface area contributed by atoms with E-state index in [1.807, 2.05) is 26.8 Å². The number of ether oxygens (including phenoxy) is 1. The van der Waals surface area contributed by atoms with Gasteiger partial charge in [0.05, 0.1) is 23.4 Å². The summed E-state index contributed by atoms with van der Waals surface area (Å²) in [5.41, 5.74) is 5.25. The van der Waals surface area contributed by atoms with Gasteiger partial charge in [0, 0.05) is 29.6 Å². The number of aromatic nitrogens is 3. The van der Waals surface area contributed by atoms with Crippen LogP contribution in [0.1, 0.15) is 39.4 Å². The SMILES string of the molecule is COC(=O)c1cc(NC(=O)CCc2c(C)nc3cc(C)nn3c2C)ccc1Cl. The Labute approximate surface area is 167 Å². The fourth-order valence-corrected chi connectivity index (χ4v) is 3.33. The molecule has 0 saturated carbocycles. The topological polar surface area (TPSA) is 85.6 Å². The molecule has 146 valence electrons. The second-order valence-corrected chi connectivity index (χ2v) is 6.96. The molecule has 0 aliphatic rings. The fraction of sp³-hybridized carbons (Fsp3) is 0.300. The third kappa shape index (κ3) is 3.99. The van der Waals surface area contributed by atoms with Crippen molar-refractivity contribution in [1.29, 1.82) is 0 Å². The van der Waals surface area contributed by atoms with Crippen LogP contribution < -0.4 is 5.32 Å². The molecule has 28 heavy (non-hydrogen) atoms. The summed E-state index contributed by atoms with van der Waals surface area (Å²) in [4.78, 5) is 28.7. The van der Waals surface area contributed by atoms with Crippen molar-refractivity contribution < 1.29 is 14.3 Å². The van der Waals surface area contributed by atoms with Gasteiger partial charge in [-0.2, -0.15) is 5.10 Å². The summed E-state index contributed by atoms with van der Waals surface area (Å²) >= 11 is 6.00. The lowest BCUT2D eigenvalue weighted by atomic mass is 10.1. The number of anilines is 1. The minimum atomic E-state index is -0.554. The van der Waals surface area contributed by atoms with Crippen molar-refractivity contribution in [3.63, 3.8) is 0 Å². The molecule has 2 aromatic heterocycles. The third-order valence-electron chi connectivity index (χ3n) is 4.54. The fourth-order valence-electron chi connectivity index (χ4n) is 3.13. The summed E-state index contributed by atoms with van der Waals surface area (Å²) in [6.07, 6.45) is 0.800. The van der Waals surface area contributed by atoms with Crippen LogP contribution in [0, 0.1) is 20.8 Å². The molecular weight excluding hydrogens is 380 g/mol. The molecule has 3 rings (SSSR count). The molecule has 0 spiro atoms. The maximum absolute atomic E-state index is 12.4. The highest BCUT2D eigenvalue weighted by Crippen LogP contribution is 2.22. The Balaban J connectivity index is 1.73. The first kappa shape index (κ1) is 19.8. The highest BCUT2D eigenvalue weighted by molar-refractivity contribution is 6.33. The zero-order valence-corrected chi connectivity index (χ0v) is 16.9. The van der Waals surface area contributed by atoms with Crippen molar-refractivity contribution in [2.24, 2.45) is 0 Å². The minimum Gasteiger partial charge on any atom is -0.465 e. The Morgan fingerprint density at radius 3 is 2.68 bits per heavy atom. The van der Waals surface area contributed by atoms with Crippen molar-refractivity contribution in [1.82, 2.24) is 14.6 Å². The number of nitrogens with zero attached hydrogens (tertiary/aromatic N) is 3. The summed E-state index contributed by atoms with van der Waals surface area (Å²) in [6, 6.07) is 6.62. The van der Waals surface area contributed by atoms with Gasteiger partial charge in [0.1, 0.15) is 0 Å². The number of benzene rings is 1. The standard InChI is InChI=1S/C20H21ClN4O3/c1-11-9-18-22-12(2)15(13(3)25(18)24-11)6-8-19(26)23-14-5-7-17(21)16(10-14)20(27)28-4/h5,7,9-10H,6,8H2,1-4H3,(H,23,26). The first-order chi connectivity index (χ1) is 13.3. The van der Waals surface area contributed by atoms with E-state index >= 15 is 0 Å². The average Bonchev–Trinajstić information content (AvgIpc) is 3.02. The lowest BCUT2D eigenvalue weighted by molar-refractivity contribution is -0.116. The van der Waals surface area contributed by atoms with E-state index in [9.17, 15) is 9.59 Å². The van der Waals surface area contributed by atoms with Crippen molar-refractivity contribution in [2.75, 3.05) is 12.4 Å². The zero-order valence-electron chi connectivity index (χ0n) is 16.2. The Bertz CT molecular complexity index is 1070. The van der Waals surface area contributed by atoms with Gasteiger partial charge in [-0.15, -0.1) is 0 Å². The van der Waals surface area contributed by atoms with Crippen LogP contribution in [0.5, 0.6) is 0 Å². The Morgan fingerprint density at radius 2 is 1.96 bits per heavy atom. The van der Waals surface area contributed by atoms with Crippen molar-refractivity contribution in [3.05, 3.63) is 57.5 Å². The van der Waals surface area contributed by atoms with Crippen molar-refractivity contribution in [2.45, 2.75) is 33.6 Å². The van der Waals surface area contributed by atoms with E-state index in [4.69, 9.17) is 16.3 Å². The van der Waals surface area contributed by atoms with Gasteiger partial charge < -0.3 is 10.1 Å². The summed E-state index contributed by atoms with van der Waals surface area (Å²) in [5, 5.41) is 7.51. The number of nitrogens with one attached hydrogen (secondary N) is 1. The maximum atomic E-state index is 12.4. The van der Waals surface area contributed by atoms with Gasteiger partial charge in [0.15, 0.2) is 5.65 Å². The number of rotatable bonds is 5. The molecular formula is C20H21ClN4O3. The predicted octanol–water partition coefficient (Wildman–Crippen LogP) is 3.67. The smallest absolute Gasteiger partial charge is 0.339 e. The summed E-state index contributed by atoms with van der Waals surface area (Å²) < 4.78 is 6.50. The summed E-state index contributed by atoms with van der Waals surface area (Å²) in [5.74, 6) is -0.727. The van der Waals surface area contributed by atoms with Gasteiger partial charge in [-0.3, -0.25) is 4.79 Å². The monoisotopic (exact) mass is 400 g/mol. The number of fused-ring (bicyclic) bond motifs is 1. The van der Waals surface area contributed by atoms with Crippen LogP contribution in [0.15, 0.2) is 24.3 Å². The molecule has 0 atom stereocenters. The molecule has 0 bridgehead atoms. The minimum absolute atomic E-state index is 0.173. The van der Waals surface area contributed by atoms with Crippen LogP contribution in [0.25, 0.3) is 5.65 Å². The number of hydrogen-bond acceptors (Lipinski definition) is 5. The first-order valence-electron chi connectivity index (χ1n) is 8.80. The number of aryl methyl sites for hydroxylation is 3. The van der Waals surface area contributed by atoms with Crippen molar-refractivity contribution in [3.8, 4) is 0 Å². The Kier molecular flexibility index (Phi) is 5.65. The molecule has 0 unspecified atom stereocenters. The van der Waals surface area contributed by atoms with Crippen LogP contribution in [0.4, 0.5) is 5.69 Å². The van der Waals surface area contributed by atoms with Crippen LogP contribution in [-0.4, -0.2) is 33.6 Å². The number of methoxy groups -OCH3 is 1. The first-order valence-corrected chi connectivity index (χ1v) is 9.18. The van der Waals surface area contributed by atoms with E-state index in [2.05, 4.69) is 15.4 Å². The normalized spacial score (nSPS) is 10.9. The molecule has 7 nitrogen and oxygen atoms in total. The van der Waals surface area contributed by atoms with Gasteiger partial charge in [-0.05, 0) is 51.0 Å². The zero-order chi connectivity index (χ0) is 20.4. The number of carbonyl (C=O) groups is 2. The molecule has 8 heteroatoms. The number of carbonyl (C=O) groups excluding carboxylic acids is 2. The Hall–Kier alpha value is -2.93. The number of amides is 1. The molecule has 1 N–H and O–H groups in total. The molecule has 0 radical (unpaired) electrons. The second kappa shape index (κ2) is 7.98. The van der Waals surface area contributed by atoms with E-state index in [1.165, 1.54) is 13.2 Å². The lowest BCUT2D eigenvalue weighted by Crippen LogP contribution is -2.15. The van der Waals surface area contributed by atoms with E-state index in [1.54, 1.807) is 16.6 Å². The highest BCUT2D eigenvalue weighted by Gasteiger charge is 2.15. The molecule has 2 heterocycles. The number of esters is 1. The van der Waals surface area contributed by atoms with Gasteiger partial charge in [0.25, 0.3) is 0 Å². The van der Waals surface area contributed by atoms with Gasteiger partial charge >= 0.3 is 5.97 Å². The van der Waals surface area contributed by atoms with Gasteiger partial charge in [0.2, 0.25) is 5.91 Å². The number of hydrogen-bond donors (Lipinski definition) is 1. The molecule has 0 saturated heterocycles. The second-order valence-electron chi connectivity index (χ2n) is 6.55. The van der Waals surface area contributed by atoms with E-state index in [0.29, 0.717) is 12.1 Å². The van der Waals surface area contributed by atoms with Gasteiger partial charge in [-0.25, -0.2) is 14.3 Å². The van der Waals surface area contributed by atoms with Crippen molar-refractivity contribution >= 4 is 34.8 Å². The van der Waals surface area contributed by atoms with E-state index < -0.39 is 5.97 Å². The van der Waals surface area contributed by atoms with Crippen LogP contribution in [0.2, 0.25) is 5.02 Å². The molecule has 1 aromatic carbocycles. The third-order valence-corrected chi connectivity index (χ3v) is 4.87. The van der Waals surface area contributed by atoms with Gasteiger partial charge in [-0.1, -0.05) is 11.6 Å². The average molecular weight is 401 g/mol. The number of halogens is 1. The van der Waals surface area contributed by atoms with E-state index in [0.717, 1.165) is 28.3 Å². The molecule has 0 aliphatic heterocycles. The summed E-state index contributed by atoms with van der Waals surface area (Å²) in [6.45, 7) is 5.83. The predicted molar refractivity (Wildman–Crippen MR) is 107 cm³/mol. The van der Waals surface area contributed by atoms with E-state index in [-0.39, 0.29) is 22.9 Å². The van der Waals surface area contributed by atoms with Crippen LogP contribution in [0.3, 0.4) is 0 Å². The quantitative estimate of drug-likeness (QED) is 0.660. The molecule has 3 aromatic rings. The lowest BCUT2D eigenvalue weighted by Gasteiger charge is -2.12. The summed E-state index contributed by atoms with van der Waals surface area (Å²) in [7, 11) is 1.28. The molecule has 1 amide bonds. The molecule has 0 fully saturated rings. The Morgan fingerprint density at radius 1 is 1.21 bits per heavy atom. The molecule has 0 aliphatic carbocycles.